The van der Waals surface area contributed by atoms with Crippen molar-refractivity contribution in [1.29, 1.82) is 0 Å². The summed E-state index contributed by atoms with van der Waals surface area (Å²) in [7, 11) is 2.99. The number of nitro benzene ring substituents is 1. The monoisotopic (exact) mass is 737 g/mol. The molecule has 4 aliphatic heterocycles. The number of carbonyl (C=O) groups excluding carboxylic acids is 2. The van der Waals surface area contributed by atoms with E-state index in [-0.39, 0.29) is 42.8 Å². The molecule has 0 bridgehead atoms. The second kappa shape index (κ2) is 13.5. The number of non-ortho nitro benzene ring substituents is 1. The number of fused-ring (bicyclic) bond motifs is 8. The average molecular weight is 738 g/mol. The highest BCUT2D eigenvalue weighted by Gasteiger charge is 2.38. The maximum atomic E-state index is 13.8. The predicted molar refractivity (Wildman–Crippen MR) is 206 cm³/mol. The fourth-order valence-corrected chi connectivity index (χ4v) is 7.94. The first-order chi connectivity index (χ1) is 26.8. The van der Waals surface area contributed by atoms with Crippen LogP contribution in [0, 0.1) is 10.1 Å². The van der Waals surface area contributed by atoms with Crippen molar-refractivity contribution in [3.63, 3.8) is 0 Å². The molecule has 0 aliphatic carbocycles. The summed E-state index contributed by atoms with van der Waals surface area (Å²) in [5, 5.41) is 15.4. The van der Waals surface area contributed by atoms with E-state index in [2.05, 4.69) is 10.3 Å². The molecule has 5 aromatic carbocycles. The quantitative estimate of drug-likeness (QED) is 0.124. The number of nitrogens with zero attached hydrogens (tertiary/aromatic N) is 4. The summed E-state index contributed by atoms with van der Waals surface area (Å²) in [6.07, 6.45) is 3.20. The van der Waals surface area contributed by atoms with Gasteiger partial charge in [-0.2, -0.15) is 0 Å². The summed E-state index contributed by atoms with van der Waals surface area (Å²) in [5.41, 5.74) is 6.81. The van der Waals surface area contributed by atoms with E-state index in [1.54, 1.807) is 41.4 Å². The van der Waals surface area contributed by atoms with Gasteiger partial charge in [0.05, 0.1) is 53.7 Å². The van der Waals surface area contributed by atoms with Gasteiger partial charge in [0.1, 0.15) is 13.2 Å². The molecule has 2 atom stereocenters. The lowest BCUT2D eigenvalue weighted by atomic mass is 10.1. The van der Waals surface area contributed by atoms with Gasteiger partial charge in [-0.05, 0) is 59.0 Å². The number of nitrogens with one attached hydrogen (secondary N) is 1. The van der Waals surface area contributed by atoms with Crippen LogP contribution in [-0.4, -0.2) is 55.8 Å². The van der Waals surface area contributed by atoms with Crippen molar-refractivity contribution in [2.45, 2.75) is 38.1 Å². The summed E-state index contributed by atoms with van der Waals surface area (Å²) < 4.78 is 23.7. The van der Waals surface area contributed by atoms with Crippen molar-refractivity contribution in [3.8, 4) is 23.0 Å². The van der Waals surface area contributed by atoms with Gasteiger partial charge >= 0.3 is 0 Å². The molecule has 2 amide bonds. The van der Waals surface area contributed by atoms with Crippen LogP contribution in [0.25, 0.3) is 0 Å². The lowest BCUT2D eigenvalue weighted by molar-refractivity contribution is -0.385. The summed E-state index contributed by atoms with van der Waals surface area (Å²) in [6.45, 7) is 0.483. The number of hydrogen-bond acceptors (Lipinski definition) is 10. The number of carbonyl (C=O) groups is 2. The van der Waals surface area contributed by atoms with Crippen LogP contribution in [0.2, 0.25) is 0 Å². The molecule has 276 valence electrons. The van der Waals surface area contributed by atoms with Gasteiger partial charge in [-0.3, -0.25) is 29.6 Å². The molecule has 13 heteroatoms. The number of rotatable bonds is 9. The lowest BCUT2D eigenvalue weighted by Crippen LogP contribution is -2.39. The third kappa shape index (κ3) is 5.93. The molecule has 0 fully saturated rings. The summed E-state index contributed by atoms with van der Waals surface area (Å²) in [5.74, 6) is 1.08. The molecule has 0 saturated heterocycles. The third-order valence-corrected chi connectivity index (χ3v) is 10.5. The molecule has 4 aliphatic rings. The number of methoxy groups -OCH3 is 2. The van der Waals surface area contributed by atoms with Crippen LogP contribution in [0.1, 0.15) is 43.0 Å². The van der Waals surface area contributed by atoms with Crippen molar-refractivity contribution in [3.05, 3.63) is 134 Å². The smallest absolute Gasteiger partial charge is 0.270 e. The zero-order valence-electron chi connectivity index (χ0n) is 30.0. The summed E-state index contributed by atoms with van der Waals surface area (Å²) in [4.78, 5) is 47.5. The first-order valence-electron chi connectivity index (χ1n) is 17.9. The van der Waals surface area contributed by atoms with Crippen LogP contribution in [0.4, 0.5) is 28.4 Å². The van der Waals surface area contributed by atoms with Crippen LogP contribution < -0.4 is 34.1 Å². The van der Waals surface area contributed by atoms with Crippen LogP contribution in [0.5, 0.6) is 23.0 Å². The van der Waals surface area contributed by atoms with Crippen molar-refractivity contribution >= 4 is 46.5 Å². The van der Waals surface area contributed by atoms with E-state index in [0.29, 0.717) is 69.6 Å². The fourth-order valence-electron chi connectivity index (χ4n) is 7.94. The van der Waals surface area contributed by atoms with Crippen LogP contribution in [-0.2, 0) is 26.1 Å². The molecule has 0 aromatic heterocycles. The maximum Gasteiger partial charge on any atom is 0.270 e. The Morgan fingerprint density at radius 3 is 2.02 bits per heavy atom. The first kappa shape index (κ1) is 33.9. The number of nitro groups is 1. The van der Waals surface area contributed by atoms with E-state index in [9.17, 15) is 19.7 Å². The molecule has 0 saturated carbocycles. The zero-order chi connectivity index (χ0) is 37.8. The van der Waals surface area contributed by atoms with Gasteiger partial charge in [0.2, 0.25) is 0 Å². The number of anilines is 3. The Labute approximate surface area is 315 Å². The third-order valence-electron chi connectivity index (χ3n) is 10.5. The zero-order valence-corrected chi connectivity index (χ0v) is 30.0. The Morgan fingerprint density at radius 1 is 0.745 bits per heavy atom. The van der Waals surface area contributed by atoms with Gasteiger partial charge in [-0.25, -0.2) is 0 Å². The van der Waals surface area contributed by atoms with E-state index in [1.807, 2.05) is 53.4 Å². The molecule has 1 N–H and O–H groups in total. The molecule has 13 nitrogen and oxygen atoms in total. The number of amides is 2. The van der Waals surface area contributed by atoms with Crippen molar-refractivity contribution in [1.82, 2.24) is 0 Å². The molecular weight excluding hydrogens is 702 g/mol. The summed E-state index contributed by atoms with van der Waals surface area (Å²) in [6, 6.07) is 26.8. The number of para-hydroxylation sites is 2. The lowest BCUT2D eigenvalue weighted by Gasteiger charge is -2.22. The topological polar surface area (TPSA) is 145 Å². The summed E-state index contributed by atoms with van der Waals surface area (Å²) >= 11 is 0. The minimum Gasteiger partial charge on any atom is -0.493 e. The van der Waals surface area contributed by atoms with Crippen LogP contribution >= 0.6 is 0 Å². The number of ether oxygens (including phenoxy) is 4. The molecule has 0 radical (unpaired) electrons. The van der Waals surface area contributed by atoms with E-state index < -0.39 is 4.92 Å². The highest BCUT2D eigenvalue weighted by Crippen LogP contribution is 2.43. The van der Waals surface area contributed by atoms with Crippen molar-refractivity contribution < 1.29 is 33.5 Å². The Kier molecular flexibility index (Phi) is 8.33. The maximum absolute atomic E-state index is 13.8. The van der Waals surface area contributed by atoms with Crippen LogP contribution in [0.3, 0.4) is 0 Å². The molecular formula is C42H35N5O8. The largest absolute Gasteiger partial charge is 0.493 e. The molecule has 0 spiro atoms. The molecule has 1 unspecified atom stereocenters. The van der Waals surface area contributed by atoms with E-state index in [0.717, 1.165) is 28.9 Å². The number of benzene rings is 5. The second-order valence-electron chi connectivity index (χ2n) is 13.8. The predicted octanol–water partition coefficient (Wildman–Crippen LogP) is 7.05. The highest BCUT2D eigenvalue weighted by atomic mass is 16.6. The van der Waals surface area contributed by atoms with Gasteiger partial charge in [-0.15, -0.1) is 0 Å². The van der Waals surface area contributed by atoms with Crippen molar-refractivity contribution in [2.75, 3.05) is 35.9 Å². The molecule has 5 aromatic rings. The van der Waals surface area contributed by atoms with E-state index in [4.69, 9.17) is 18.9 Å². The Morgan fingerprint density at radius 2 is 1.35 bits per heavy atom. The Hall–Kier alpha value is -6.89. The molecule has 55 heavy (non-hydrogen) atoms. The second-order valence-corrected chi connectivity index (χ2v) is 13.8. The van der Waals surface area contributed by atoms with Crippen molar-refractivity contribution in [2.24, 2.45) is 4.99 Å². The van der Waals surface area contributed by atoms with Gasteiger partial charge in [0, 0.05) is 54.8 Å². The normalized spacial score (nSPS) is 17.4. The highest BCUT2D eigenvalue weighted by molar-refractivity contribution is 6.15. The number of aliphatic imine (C=N–C) groups is 1. The van der Waals surface area contributed by atoms with Gasteiger partial charge in [-0.1, -0.05) is 36.4 Å². The average Bonchev–Trinajstić information content (AvgIpc) is 3.70. The van der Waals surface area contributed by atoms with E-state index >= 15 is 0 Å². The first-order valence-corrected chi connectivity index (χ1v) is 17.9. The SMILES string of the molecule is COc1cc2c(cc1OCc1cc(COc3cc4c(cc3OC)C(=O)N3c5ccccc5C[C@H]3CN4)cc([N+](=O)[O-])c1)N=CC1Cc3ccccc3N1C2=O. The number of hydrogen-bond donors (Lipinski definition) is 1. The molecule has 9 rings (SSSR count). The minimum absolute atomic E-state index is 0.0281. The standard InChI is InChI=1S/C42H35N5O8/c1-52-37-16-31-33(43-20-29-14-26-7-3-5-9-35(26)45(29)41(31)48)18-39(37)54-22-24-11-25(13-28(12-24)47(50)51)23-55-40-19-34-32(17-38(40)53-2)42(49)46-30(21-44-34)15-27-8-4-6-10-36(27)46/h3-13,16-20,29-30,44H,14-15,21-23H2,1-2H3/t29?,30-/m0/s1. The van der Waals surface area contributed by atoms with Gasteiger partial charge < -0.3 is 29.2 Å². The Bertz CT molecular complexity index is 2450. The van der Waals surface area contributed by atoms with E-state index in [1.165, 1.54) is 26.4 Å². The minimum atomic E-state index is -0.469. The van der Waals surface area contributed by atoms with Gasteiger partial charge in [0.15, 0.2) is 23.0 Å². The fraction of sp³-hybridized carbons (Fsp3) is 0.214. The van der Waals surface area contributed by atoms with Crippen LogP contribution in [0.15, 0.2) is 96.0 Å². The van der Waals surface area contributed by atoms with Gasteiger partial charge in [0.25, 0.3) is 17.5 Å². The molecule has 4 heterocycles. The Balaban J connectivity index is 0.946.